The lowest BCUT2D eigenvalue weighted by Gasteiger charge is -2.31. The molecule has 1 unspecified atom stereocenters. The Morgan fingerprint density at radius 1 is 1.30 bits per heavy atom. The number of carbonyl (C=O) groups is 1. The van der Waals surface area contributed by atoms with Gasteiger partial charge in [0.05, 0.1) is 10.6 Å². The third kappa shape index (κ3) is 4.06. The molecule has 1 fully saturated rings. The number of nitrogens with zero attached hydrogens (tertiary/aromatic N) is 2. The van der Waals surface area contributed by atoms with Gasteiger partial charge in [-0.05, 0) is 42.7 Å². The molecule has 7 heteroatoms. The maximum atomic E-state index is 13.9. The summed E-state index contributed by atoms with van der Waals surface area (Å²) < 4.78 is 14.7. The van der Waals surface area contributed by atoms with E-state index in [1.165, 1.54) is 17.4 Å². The van der Waals surface area contributed by atoms with Gasteiger partial charge < -0.3 is 10.2 Å². The summed E-state index contributed by atoms with van der Waals surface area (Å²) in [7, 11) is 0. The first-order chi connectivity index (χ1) is 13.1. The number of hydrogen-bond donors (Lipinski definition) is 1. The number of para-hydroxylation sites is 1. The number of thiazole rings is 1. The van der Waals surface area contributed by atoms with Gasteiger partial charge >= 0.3 is 0 Å². The van der Waals surface area contributed by atoms with Crippen LogP contribution in [-0.4, -0.2) is 24.0 Å². The molecule has 140 valence electrons. The van der Waals surface area contributed by atoms with Crippen LogP contribution in [0.1, 0.15) is 18.4 Å². The number of carbonyl (C=O) groups excluding carboxylic acids is 1. The first-order valence-electron chi connectivity index (χ1n) is 8.92. The average Bonchev–Trinajstić information content (AvgIpc) is 3.13. The minimum atomic E-state index is -0.302. The number of benzene rings is 2. The molecule has 3 aromatic rings. The number of hydrogen-bond acceptors (Lipinski definition) is 4. The number of rotatable bonds is 4. The van der Waals surface area contributed by atoms with Crippen molar-refractivity contribution in [2.75, 3.05) is 18.0 Å². The number of anilines is 1. The third-order valence-corrected chi connectivity index (χ3v) is 6.13. The van der Waals surface area contributed by atoms with Crippen LogP contribution in [0.4, 0.5) is 9.52 Å². The summed E-state index contributed by atoms with van der Waals surface area (Å²) in [5, 5.41) is 4.47. The van der Waals surface area contributed by atoms with Crippen LogP contribution in [0.5, 0.6) is 0 Å². The highest BCUT2D eigenvalue weighted by Gasteiger charge is 2.27. The molecule has 0 bridgehead atoms. The van der Waals surface area contributed by atoms with E-state index in [1.807, 2.05) is 30.3 Å². The molecule has 2 aromatic carbocycles. The van der Waals surface area contributed by atoms with Gasteiger partial charge in [0.1, 0.15) is 11.3 Å². The standard InChI is InChI=1S/C20H19ClFN3OS/c21-15-8-6-13(7-9-15)11-23-19(26)14-3-2-10-25(12-14)20-24-18-16(22)4-1-5-17(18)27-20/h1,4-9,14H,2-3,10-12H2,(H,23,26). The SMILES string of the molecule is O=C(NCc1ccc(Cl)cc1)C1CCCN(c2nc3c(F)cccc3s2)C1. The molecule has 0 spiro atoms. The number of fused-ring (bicyclic) bond motifs is 1. The zero-order valence-electron chi connectivity index (χ0n) is 14.6. The van der Waals surface area contributed by atoms with Gasteiger partial charge in [0.2, 0.25) is 5.91 Å². The van der Waals surface area contributed by atoms with E-state index in [2.05, 4.69) is 15.2 Å². The summed E-state index contributed by atoms with van der Waals surface area (Å²) in [6, 6.07) is 12.4. The molecule has 1 amide bonds. The second kappa shape index (κ2) is 7.82. The second-order valence-electron chi connectivity index (χ2n) is 6.71. The van der Waals surface area contributed by atoms with Crippen LogP contribution in [0.25, 0.3) is 10.2 Å². The molecule has 0 saturated carbocycles. The second-order valence-corrected chi connectivity index (χ2v) is 8.16. The average molecular weight is 404 g/mol. The number of amides is 1. The van der Waals surface area contributed by atoms with E-state index in [0.29, 0.717) is 23.6 Å². The highest BCUT2D eigenvalue weighted by molar-refractivity contribution is 7.22. The largest absolute Gasteiger partial charge is 0.352 e. The van der Waals surface area contributed by atoms with E-state index in [0.717, 1.165) is 34.8 Å². The van der Waals surface area contributed by atoms with Gasteiger partial charge in [-0.15, -0.1) is 0 Å². The number of aromatic nitrogens is 1. The Morgan fingerprint density at radius 2 is 2.11 bits per heavy atom. The molecule has 1 atom stereocenters. The van der Waals surface area contributed by atoms with Crippen molar-refractivity contribution < 1.29 is 9.18 Å². The van der Waals surface area contributed by atoms with Gasteiger partial charge in [0, 0.05) is 24.7 Å². The smallest absolute Gasteiger partial charge is 0.225 e. The molecule has 1 saturated heterocycles. The lowest BCUT2D eigenvalue weighted by Crippen LogP contribution is -2.42. The Labute approximate surface area is 166 Å². The fraction of sp³-hybridized carbons (Fsp3) is 0.300. The van der Waals surface area contributed by atoms with Crippen LogP contribution in [-0.2, 0) is 11.3 Å². The van der Waals surface area contributed by atoms with Gasteiger partial charge in [-0.2, -0.15) is 0 Å². The number of halogens is 2. The van der Waals surface area contributed by atoms with Crippen molar-refractivity contribution in [1.29, 1.82) is 0 Å². The molecule has 0 aliphatic carbocycles. The first-order valence-corrected chi connectivity index (χ1v) is 10.1. The van der Waals surface area contributed by atoms with Crippen molar-refractivity contribution in [2.24, 2.45) is 5.92 Å². The summed E-state index contributed by atoms with van der Waals surface area (Å²) in [6.07, 6.45) is 1.76. The Kier molecular flexibility index (Phi) is 5.27. The van der Waals surface area contributed by atoms with E-state index in [9.17, 15) is 9.18 Å². The lowest BCUT2D eigenvalue weighted by molar-refractivity contribution is -0.125. The van der Waals surface area contributed by atoms with Crippen molar-refractivity contribution >= 4 is 44.2 Å². The molecule has 4 nitrogen and oxygen atoms in total. The summed E-state index contributed by atoms with van der Waals surface area (Å²) in [6.45, 7) is 1.93. The fourth-order valence-corrected chi connectivity index (χ4v) is 4.48. The van der Waals surface area contributed by atoms with Crippen LogP contribution in [0.3, 0.4) is 0 Å². The minimum absolute atomic E-state index is 0.0435. The van der Waals surface area contributed by atoms with Gasteiger partial charge in [-0.3, -0.25) is 4.79 Å². The Bertz CT molecular complexity index is 960. The Balaban J connectivity index is 1.41. The van der Waals surface area contributed by atoms with Crippen LogP contribution < -0.4 is 10.2 Å². The van der Waals surface area contributed by atoms with E-state index >= 15 is 0 Å². The first kappa shape index (κ1) is 18.2. The van der Waals surface area contributed by atoms with E-state index in [-0.39, 0.29) is 17.6 Å². The maximum Gasteiger partial charge on any atom is 0.225 e. The van der Waals surface area contributed by atoms with E-state index < -0.39 is 0 Å². The Morgan fingerprint density at radius 3 is 2.89 bits per heavy atom. The van der Waals surface area contributed by atoms with Crippen molar-refractivity contribution in [3.63, 3.8) is 0 Å². The molecule has 4 rings (SSSR count). The van der Waals surface area contributed by atoms with Crippen molar-refractivity contribution in [1.82, 2.24) is 10.3 Å². The molecule has 27 heavy (non-hydrogen) atoms. The predicted molar refractivity (Wildman–Crippen MR) is 108 cm³/mol. The van der Waals surface area contributed by atoms with Crippen molar-refractivity contribution in [2.45, 2.75) is 19.4 Å². The zero-order valence-corrected chi connectivity index (χ0v) is 16.2. The molecule has 0 radical (unpaired) electrons. The molecular weight excluding hydrogens is 385 g/mol. The highest BCUT2D eigenvalue weighted by atomic mass is 35.5. The highest BCUT2D eigenvalue weighted by Crippen LogP contribution is 2.32. The number of nitrogens with one attached hydrogen (secondary N) is 1. The summed E-state index contributed by atoms with van der Waals surface area (Å²) in [5.74, 6) is -0.353. The molecular formula is C20H19ClFN3OS. The van der Waals surface area contributed by atoms with Gasteiger partial charge in [0.15, 0.2) is 5.13 Å². The molecule has 1 aromatic heterocycles. The van der Waals surface area contributed by atoms with Crippen molar-refractivity contribution in [3.8, 4) is 0 Å². The van der Waals surface area contributed by atoms with E-state index in [4.69, 9.17) is 11.6 Å². The van der Waals surface area contributed by atoms with Crippen molar-refractivity contribution in [3.05, 3.63) is 58.9 Å². The number of piperidine rings is 1. The van der Waals surface area contributed by atoms with E-state index in [1.54, 1.807) is 6.07 Å². The summed E-state index contributed by atoms with van der Waals surface area (Å²) in [5.41, 5.74) is 1.42. The Hall–Kier alpha value is -2.18. The monoisotopic (exact) mass is 403 g/mol. The molecule has 1 N–H and O–H groups in total. The fourth-order valence-electron chi connectivity index (χ4n) is 3.34. The maximum absolute atomic E-state index is 13.9. The lowest BCUT2D eigenvalue weighted by atomic mass is 9.97. The summed E-state index contributed by atoms with van der Waals surface area (Å²) in [4.78, 5) is 19.2. The quantitative estimate of drug-likeness (QED) is 0.691. The summed E-state index contributed by atoms with van der Waals surface area (Å²) >= 11 is 7.36. The third-order valence-electron chi connectivity index (χ3n) is 4.80. The topological polar surface area (TPSA) is 45.2 Å². The molecule has 1 aliphatic rings. The zero-order chi connectivity index (χ0) is 18.8. The van der Waals surface area contributed by atoms with Gasteiger partial charge in [-0.1, -0.05) is 41.1 Å². The predicted octanol–water partition coefficient (Wildman–Crippen LogP) is 4.62. The minimum Gasteiger partial charge on any atom is -0.352 e. The molecule has 1 aliphatic heterocycles. The van der Waals surface area contributed by atoms with Crippen LogP contribution >= 0.6 is 22.9 Å². The van der Waals surface area contributed by atoms with Gasteiger partial charge in [-0.25, -0.2) is 9.37 Å². The normalized spacial score (nSPS) is 17.3. The molecule has 2 heterocycles. The van der Waals surface area contributed by atoms with Crippen LogP contribution in [0.2, 0.25) is 5.02 Å². The van der Waals surface area contributed by atoms with Crippen LogP contribution in [0.15, 0.2) is 42.5 Å². The van der Waals surface area contributed by atoms with Gasteiger partial charge in [0.25, 0.3) is 0 Å². The van der Waals surface area contributed by atoms with Crippen LogP contribution in [0, 0.1) is 11.7 Å².